The number of aliphatic hydroxyl groups is 2. The molecule has 17 heteroatoms. The Kier molecular flexibility index (Phi) is 12.9. The third-order valence-corrected chi connectivity index (χ3v) is 11.5. The summed E-state index contributed by atoms with van der Waals surface area (Å²) in [7, 11) is -3.79. The van der Waals surface area contributed by atoms with Gasteiger partial charge >= 0.3 is 6.03 Å². The van der Waals surface area contributed by atoms with E-state index >= 15 is 0 Å². The number of fused-ring (bicyclic) bond motifs is 1. The van der Waals surface area contributed by atoms with Crippen molar-refractivity contribution in [2.24, 2.45) is 0 Å². The summed E-state index contributed by atoms with van der Waals surface area (Å²) in [6, 6.07) is 27.2. The lowest BCUT2D eigenvalue weighted by Crippen LogP contribution is -2.44. The van der Waals surface area contributed by atoms with Gasteiger partial charge in [0, 0.05) is 38.1 Å². The number of sulfonamides is 1. The van der Waals surface area contributed by atoms with Crippen LogP contribution in [0, 0.1) is 0 Å². The molecular weight excluding hydrogens is 739 g/mol. The van der Waals surface area contributed by atoms with Crippen molar-refractivity contribution >= 4 is 38.9 Å². The van der Waals surface area contributed by atoms with Gasteiger partial charge in [0.15, 0.2) is 35.1 Å². The molecule has 0 bridgehead atoms. The van der Waals surface area contributed by atoms with E-state index in [1.165, 1.54) is 27.3 Å². The van der Waals surface area contributed by atoms with E-state index in [4.69, 9.17) is 9.72 Å². The Morgan fingerprint density at radius 3 is 2.11 bits per heavy atom. The Morgan fingerprint density at radius 1 is 0.875 bits per heavy atom. The Morgan fingerprint density at radius 2 is 1.50 bits per heavy atom. The van der Waals surface area contributed by atoms with Crippen LogP contribution in [-0.4, -0.2) is 105 Å². The number of nitrogens with one attached hydrogen (secondary N) is 4. The van der Waals surface area contributed by atoms with Crippen LogP contribution in [0.2, 0.25) is 0 Å². The van der Waals surface area contributed by atoms with E-state index in [0.29, 0.717) is 24.4 Å². The average molecular weight is 786 g/mol. The van der Waals surface area contributed by atoms with E-state index in [9.17, 15) is 28.2 Å². The minimum absolute atomic E-state index is 0.0297. The number of carbonyl (C=O) groups is 2. The molecule has 5 aromatic rings. The lowest BCUT2D eigenvalue weighted by atomic mass is 9.91. The topological polar surface area (TPSA) is 213 Å². The van der Waals surface area contributed by atoms with Gasteiger partial charge in [-0.15, -0.1) is 0 Å². The van der Waals surface area contributed by atoms with Gasteiger partial charge < -0.3 is 36.2 Å². The first-order valence-electron chi connectivity index (χ1n) is 18.4. The van der Waals surface area contributed by atoms with Crippen molar-refractivity contribution in [3.05, 3.63) is 114 Å². The van der Waals surface area contributed by atoms with Crippen LogP contribution in [0.1, 0.15) is 49.9 Å². The number of carbonyl (C=O) groups excluding carboxylic acids is 2. The molecule has 3 amide bonds. The second kappa shape index (κ2) is 18.0. The van der Waals surface area contributed by atoms with Gasteiger partial charge in [0.2, 0.25) is 10.0 Å². The normalized spacial score (nSPS) is 18.4. The molecule has 0 saturated carbocycles. The SMILES string of the molecule is CCNC(=O)C1OC(n2cnc3c(NCC(c4ccccc4)c4ccccc4)nc(CNC(=O)NCCN(C(C)C)S(=O)(=O)c4ccccc4)nc32)C(O)C1O. The van der Waals surface area contributed by atoms with Gasteiger partial charge in [-0.3, -0.25) is 9.36 Å². The summed E-state index contributed by atoms with van der Waals surface area (Å²) in [5.74, 6) is -0.131. The molecule has 56 heavy (non-hydrogen) atoms. The highest BCUT2D eigenvalue weighted by atomic mass is 32.2. The third-order valence-electron chi connectivity index (χ3n) is 9.42. The second-order valence-corrected chi connectivity index (χ2v) is 15.4. The zero-order chi connectivity index (χ0) is 39.8. The van der Waals surface area contributed by atoms with Crippen LogP contribution in [0.4, 0.5) is 10.6 Å². The van der Waals surface area contributed by atoms with Gasteiger partial charge in [0.25, 0.3) is 5.91 Å². The molecular formula is C39H47N9O7S. The summed E-state index contributed by atoms with van der Waals surface area (Å²) in [6.45, 7) is 5.90. The van der Waals surface area contributed by atoms with Crippen molar-refractivity contribution in [3.8, 4) is 0 Å². The van der Waals surface area contributed by atoms with Crippen molar-refractivity contribution in [1.82, 2.24) is 39.8 Å². The van der Waals surface area contributed by atoms with Crippen LogP contribution < -0.4 is 21.3 Å². The summed E-state index contributed by atoms with van der Waals surface area (Å²) in [5, 5.41) is 33.3. The first-order valence-corrected chi connectivity index (χ1v) is 19.9. The largest absolute Gasteiger partial charge is 0.387 e. The Bertz CT molecular complexity index is 2150. The molecule has 4 atom stereocenters. The highest BCUT2D eigenvalue weighted by Gasteiger charge is 2.47. The molecule has 296 valence electrons. The van der Waals surface area contributed by atoms with E-state index in [1.54, 1.807) is 39.0 Å². The Labute approximate surface area is 325 Å². The van der Waals surface area contributed by atoms with Crippen LogP contribution in [0.3, 0.4) is 0 Å². The number of aromatic nitrogens is 4. The van der Waals surface area contributed by atoms with Gasteiger partial charge in [-0.2, -0.15) is 4.31 Å². The quantitative estimate of drug-likeness (QED) is 0.0856. The maximum atomic E-state index is 13.3. The van der Waals surface area contributed by atoms with Crippen molar-refractivity contribution in [2.45, 2.75) is 68.7 Å². The molecule has 1 fully saturated rings. The lowest BCUT2D eigenvalue weighted by molar-refractivity contribution is -0.137. The number of imidazole rings is 1. The molecule has 0 radical (unpaired) electrons. The van der Waals surface area contributed by atoms with Gasteiger partial charge in [-0.1, -0.05) is 78.9 Å². The first-order chi connectivity index (χ1) is 27.0. The third kappa shape index (κ3) is 8.98. The number of hydrogen-bond acceptors (Lipinski definition) is 11. The molecule has 4 unspecified atom stereocenters. The van der Waals surface area contributed by atoms with Gasteiger partial charge in [0.1, 0.15) is 12.2 Å². The molecule has 2 aromatic heterocycles. The minimum atomic E-state index is -3.79. The molecule has 6 rings (SSSR count). The van der Waals surface area contributed by atoms with Crippen molar-refractivity contribution in [3.63, 3.8) is 0 Å². The van der Waals surface area contributed by atoms with E-state index in [-0.39, 0.29) is 48.0 Å². The smallest absolute Gasteiger partial charge is 0.315 e. The van der Waals surface area contributed by atoms with E-state index < -0.39 is 46.5 Å². The van der Waals surface area contributed by atoms with Crippen LogP contribution in [0.15, 0.2) is 102 Å². The Hall–Kier alpha value is -5.46. The van der Waals surface area contributed by atoms with Crippen LogP contribution in [0.25, 0.3) is 11.2 Å². The summed E-state index contributed by atoms with van der Waals surface area (Å²) >= 11 is 0. The number of urea groups is 1. The number of amides is 3. The molecule has 1 saturated heterocycles. The van der Waals surface area contributed by atoms with Gasteiger partial charge in [-0.25, -0.2) is 28.2 Å². The number of rotatable bonds is 16. The van der Waals surface area contributed by atoms with Crippen molar-refractivity contribution in [2.75, 3.05) is 31.5 Å². The zero-order valence-corrected chi connectivity index (χ0v) is 32.1. The standard InChI is InChI=1S/C39H47N9O7S/c1-4-40-37(51)34-32(49)33(50)38(55-34)47-24-44-31-35(42-22-29(26-14-8-5-9-15-26)27-16-10-6-11-17-27)45-30(46-36(31)47)23-43-39(52)41-20-21-48(25(2)3)56(53,54)28-18-12-7-13-19-28/h5-19,24-25,29,32-34,38,49-50H,4,20-23H2,1-3H3,(H,40,51)(H2,41,43,52)(H,42,45,46). The van der Waals surface area contributed by atoms with E-state index in [2.05, 4.69) is 31.2 Å². The molecule has 16 nitrogen and oxygen atoms in total. The number of benzene rings is 3. The lowest BCUT2D eigenvalue weighted by Gasteiger charge is -2.26. The maximum Gasteiger partial charge on any atom is 0.315 e. The number of ether oxygens (including phenoxy) is 1. The van der Waals surface area contributed by atoms with E-state index in [1.807, 2.05) is 60.7 Å². The highest BCUT2D eigenvalue weighted by Crippen LogP contribution is 2.33. The van der Waals surface area contributed by atoms with Gasteiger partial charge in [-0.05, 0) is 44.0 Å². The predicted octanol–water partition coefficient (Wildman–Crippen LogP) is 2.72. The fraction of sp³-hybridized carbons (Fsp3) is 0.359. The monoisotopic (exact) mass is 785 g/mol. The van der Waals surface area contributed by atoms with E-state index in [0.717, 1.165) is 11.1 Å². The fourth-order valence-electron chi connectivity index (χ4n) is 6.61. The molecule has 0 aliphatic carbocycles. The molecule has 3 heterocycles. The molecule has 1 aliphatic rings. The summed E-state index contributed by atoms with van der Waals surface area (Å²) in [5.41, 5.74) is 2.70. The summed E-state index contributed by atoms with van der Waals surface area (Å²) in [6.07, 6.45) is -4.16. The van der Waals surface area contributed by atoms with Crippen LogP contribution >= 0.6 is 0 Å². The zero-order valence-electron chi connectivity index (χ0n) is 31.3. The Balaban J connectivity index is 1.23. The number of aliphatic hydroxyl groups excluding tert-OH is 2. The number of hydrogen-bond donors (Lipinski definition) is 6. The molecule has 6 N–H and O–H groups in total. The summed E-state index contributed by atoms with van der Waals surface area (Å²) in [4.78, 5) is 39.8. The maximum absolute atomic E-state index is 13.3. The van der Waals surface area contributed by atoms with Crippen LogP contribution in [0.5, 0.6) is 0 Å². The van der Waals surface area contributed by atoms with Crippen molar-refractivity contribution in [1.29, 1.82) is 0 Å². The minimum Gasteiger partial charge on any atom is -0.387 e. The van der Waals surface area contributed by atoms with Crippen LogP contribution in [-0.2, 0) is 26.1 Å². The van der Waals surface area contributed by atoms with Gasteiger partial charge in [0.05, 0.1) is 17.8 Å². The molecule has 3 aromatic carbocycles. The summed E-state index contributed by atoms with van der Waals surface area (Å²) < 4.78 is 35.2. The average Bonchev–Trinajstić information content (AvgIpc) is 3.76. The molecule has 1 aliphatic heterocycles. The first kappa shape index (κ1) is 40.2. The van der Waals surface area contributed by atoms with Crippen molar-refractivity contribution < 1.29 is 33.0 Å². The number of nitrogens with zero attached hydrogens (tertiary/aromatic N) is 5. The second-order valence-electron chi connectivity index (χ2n) is 13.5. The fourth-order valence-corrected chi connectivity index (χ4v) is 8.27. The number of anilines is 1. The number of likely N-dealkylation sites (N-methyl/N-ethyl adjacent to an activating group) is 1. The molecule has 0 spiro atoms. The predicted molar refractivity (Wildman–Crippen MR) is 209 cm³/mol. The highest BCUT2D eigenvalue weighted by molar-refractivity contribution is 7.89.